The number of primary amides is 1. The fourth-order valence-electron chi connectivity index (χ4n) is 2.22. The molecule has 3 N–H and O–H groups in total. The number of benzene rings is 2. The van der Waals surface area contributed by atoms with Gasteiger partial charge in [0.05, 0.1) is 6.04 Å². The van der Waals surface area contributed by atoms with Gasteiger partial charge >= 0.3 is 0 Å². The molecule has 0 saturated carbocycles. The molecule has 0 saturated heterocycles. The highest BCUT2D eigenvalue weighted by atomic mass is 19.1. The number of hydrogen-bond donors (Lipinski definition) is 2. The summed E-state index contributed by atoms with van der Waals surface area (Å²) in [5, 5.41) is 3.08. The van der Waals surface area contributed by atoms with Gasteiger partial charge < -0.3 is 11.1 Å². The maximum atomic E-state index is 13.8. The summed E-state index contributed by atoms with van der Waals surface area (Å²) in [6.45, 7) is 3.46. The number of hydrogen-bond acceptors (Lipinski definition) is 2. The van der Waals surface area contributed by atoms with E-state index in [1.807, 2.05) is 0 Å². The van der Waals surface area contributed by atoms with E-state index in [1.54, 1.807) is 32.0 Å². The Bertz CT molecular complexity index is 686. The molecule has 5 heteroatoms. The maximum absolute atomic E-state index is 13.8. The van der Waals surface area contributed by atoms with E-state index in [4.69, 9.17) is 5.73 Å². The first kappa shape index (κ1) is 15.0. The van der Waals surface area contributed by atoms with Gasteiger partial charge in [0.15, 0.2) is 0 Å². The first-order valence-corrected chi connectivity index (χ1v) is 6.51. The Kier molecular flexibility index (Phi) is 4.21. The smallest absolute Gasteiger partial charge is 0.249 e. The highest BCUT2D eigenvalue weighted by molar-refractivity contribution is 5.95. The Balaban J connectivity index is 2.32. The largest absolute Gasteiger partial charge is 0.378 e. The van der Waals surface area contributed by atoms with Crippen molar-refractivity contribution in [1.82, 2.24) is 0 Å². The fraction of sp³-hybridized carbons (Fsp3) is 0.188. The SMILES string of the molecule is Cc1c(NC(C)c2cc(F)ccc2F)cccc1C(N)=O. The van der Waals surface area contributed by atoms with Gasteiger partial charge in [0.1, 0.15) is 11.6 Å². The lowest BCUT2D eigenvalue weighted by molar-refractivity contribution is 0.0999. The molecule has 0 aliphatic carbocycles. The Hall–Kier alpha value is -2.43. The molecule has 0 heterocycles. The molecule has 1 unspecified atom stereocenters. The molecule has 0 aromatic heterocycles. The average molecular weight is 290 g/mol. The van der Waals surface area contributed by atoms with Gasteiger partial charge in [-0.25, -0.2) is 8.78 Å². The molecule has 21 heavy (non-hydrogen) atoms. The number of rotatable bonds is 4. The fourth-order valence-corrected chi connectivity index (χ4v) is 2.22. The molecule has 0 bridgehead atoms. The molecule has 0 aliphatic heterocycles. The summed E-state index contributed by atoms with van der Waals surface area (Å²) in [7, 11) is 0. The molecular weight excluding hydrogens is 274 g/mol. The highest BCUT2D eigenvalue weighted by Crippen LogP contribution is 2.26. The van der Waals surface area contributed by atoms with Gasteiger partial charge in [-0.1, -0.05) is 6.07 Å². The van der Waals surface area contributed by atoms with Crippen LogP contribution in [0.15, 0.2) is 36.4 Å². The van der Waals surface area contributed by atoms with Crippen molar-refractivity contribution in [3.8, 4) is 0 Å². The normalized spacial score (nSPS) is 12.0. The second kappa shape index (κ2) is 5.91. The molecule has 2 rings (SSSR count). The number of amides is 1. The minimum Gasteiger partial charge on any atom is -0.378 e. The summed E-state index contributed by atoms with van der Waals surface area (Å²) in [6, 6.07) is 7.93. The first-order valence-electron chi connectivity index (χ1n) is 6.51. The van der Waals surface area contributed by atoms with E-state index in [2.05, 4.69) is 5.32 Å². The van der Waals surface area contributed by atoms with E-state index in [0.717, 1.165) is 18.2 Å². The third-order valence-corrected chi connectivity index (χ3v) is 3.40. The minimum absolute atomic E-state index is 0.221. The maximum Gasteiger partial charge on any atom is 0.249 e. The molecule has 0 fully saturated rings. The van der Waals surface area contributed by atoms with E-state index in [-0.39, 0.29) is 5.56 Å². The lowest BCUT2D eigenvalue weighted by Crippen LogP contribution is -2.15. The molecule has 1 amide bonds. The Morgan fingerprint density at radius 3 is 2.62 bits per heavy atom. The van der Waals surface area contributed by atoms with Crippen LogP contribution in [-0.2, 0) is 0 Å². The number of nitrogens with two attached hydrogens (primary N) is 1. The molecule has 1 atom stereocenters. The van der Waals surface area contributed by atoms with E-state index >= 15 is 0 Å². The van der Waals surface area contributed by atoms with Crippen LogP contribution in [0.2, 0.25) is 0 Å². The number of nitrogens with one attached hydrogen (secondary N) is 1. The highest BCUT2D eigenvalue weighted by Gasteiger charge is 2.14. The minimum atomic E-state index is -0.527. The third-order valence-electron chi connectivity index (χ3n) is 3.40. The van der Waals surface area contributed by atoms with Crippen molar-refractivity contribution in [2.45, 2.75) is 19.9 Å². The van der Waals surface area contributed by atoms with Crippen molar-refractivity contribution in [3.05, 3.63) is 64.7 Å². The zero-order chi connectivity index (χ0) is 15.6. The summed E-state index contributed by atoms with van der Waals surface area (Å²) in [6.07, 6.45) is 0. The Morgan fingerprint density at radius 1 is 1.24 bits per heavy atom. The summed E-state index contributed by atoms with van der Waals surface area (Å²) in [5.74, 6) is -1.51. The zero-order valence-electron chi connectivity index (χ0n) is 11.8. The first-order chi connectivity index (χ1) is 9.90. The van der Waals surface area contributed by atoms with Crippen LogP contribution in [0.4, 0.5) is 14.5 Å². The second-order valence-electron chi connectivity index (χ2n) is 4.87. The zero-order valence-corrected chi connectivity index (χ0v) is 11.8. The van der Waals surface area contributed by atoms with Crippen molar-refractivity contribution >= 4 is 11.6 Å². The van der Waals surface area contributed by atoms with Gasteiger partial charge in [0, 0.05) is 16.8 Å². The number of anilines is 1. The van der Waals surface area contributed by atoms with E-state index in [0.29, 0.717) is 16.8 Å². The van der Waals surface area contributed by atoms with Crippen LogP contribution in [0, 0.1) is 18.6 Å². The van der Waals surface area contributed by atoms with Crippen LogP contribution >= 0.6 is 0 Å². The monoisotopic (exact) mass is 290 g/mol. The molecule has 2 aromatic carbocycles. The summed E-state index contributed by atoms with van der Waals surface area (Å²) < 4.78 is 27.0. The van der Waals surface area contributed by atoms with Crippen LogP contribution < -0.4 is 11.1 Å². The Labute approximate surface area is 121 Å². The third kappa shape index (κ3) is 3.18. The second-order valence-corrected chi connectivity index (χ2v) is 4.87. The van der Waals surface area contributed by atoms with Crippen LogP contribution in [-0.4, -0.2) is 5.91 Å². The summed E-state index contributed by atoms with van der Waals surface area (Å²) in [5.41, 5.74) is 7.24. The van der Waals surface area contributed by atoms with Crippen molar-refractivity contribution in [1.29, 1.82) is 0 Å². The predicted octanol–water partition coefficient (Wildman–Crippen LogP) is 3.55. The average Bonchev–Trinajstić information content (AvgIpc) is 2.43. The lowest BCUT2D eigenvalue weighted by Gasteiger charge is -2.19. The van der Waals surface area contributed by atoms with Crippen molar-refractivity contribution in [2.75, 3.05) is 5.32 Å². The van der Waals surface area contributed by atoms with Gasteiger partial charge in [-0.15, -0.1) is 0 Å². The quantitative estimate of drug-likeness (QED) is 0.904. The van der Waals surface area contributed by atoms with Crippen molar-refractivity contribution in [2.24, 2.45) is 5.73 Å². The van der Waals surface area contributed by atoms with E-state index in [9.17, 15) is 13.6 Å². The standard InChI is InChI=1S/C16H16F2N2O/c1-9-12(16(19)21)4-3-5-15(9)20-10(2)13-8-11(17)6-7-14(13)18/h3-8,10,20H,1-2H3,(H2,19,21). The van der Waals surface area contributed by atoms with Crippen LogP contribution in [0.25, 0.3) is 0 Å². The Morgan fingerprint density at radius 2 is 1.95 bits per heavy atom. The molecule has 0 aliphatic rings. The molecule has 2 aromatic rings. The number of carbonyl (C=O) groups is 1. The molecule has 0 spiro atoms. The van der Waals surface area contributed by atoms with Crippen molar-refractivity contribution in [3.63, 3.8) is 0 Å². The van der Waals surface area contributed by atoms with Crippen molar-refractivity contribution < 1.29 is 13.6 Å². The molecule has 110 valence electrons. The van der Waals surface area contributed by atoms with Crippen LogP contribution in [0.5, 0.6) is 0 Å². The van der Waals surface area contributed by atoms with Gasteiger partial charge in [0.25, 0.3) is 0 Å². The van der Waals surface area contributed by atoms with Gasteiger partial charge in [-0.3, -0.25) is 4.79 Å². The summed E-state index contributed by atoms with van der Waals surface area (Å²) in [4.78, 5) is 11.3. The molecule has 0 radical (unpaired) electrons. The number of halogens is 2. The molecular formula is C16H16F2N2O. The molecule has 3 nitrogen and oxygen atoms in total. The van der Waals surface area contributed by atoms with Crippen LogP contribution in [0.3, 0.4) is 0 Å². The summed E-state index contributed by atoms with van der Waals surface area (Å²) >= 11 is 0. The van der Waals surface area contributed by atoms with Gasteiger partial charge in [-0.05, 0) is 49.7 Å². The number of carbonyl (C=O) groups excluding carboxylic acids is 1. The van der Waals surface area contributed by atoms with Crippen LogP contribution in [0.1, 0.15) is 34.5 Å². The topological polar surface area (TPSA) is 55.1 Å². The van der Waals surface area contributed by atoms with E-state index < -0.39 is 23.6 Å². The van der Waals surface area contributed by atoms with E-state index in [1.165, 1.54) is 0 Å². The predicted molar refractivity (Wildman–Crippen MR) is 78.1 cm³/mol. The van der Waals surface area contributed by atoms with Gasteiger partial charge in [-0.2, -0.15) is 0 Å². The lowest BCUT2D eigenvalue weighted by atomic mass is 10.0. The van der Waals surface area contributed by atoms with Gasteiger partial charge in [0.2, 0.25) is 5.91 Å².